The number of carbonyl (C=O) groups excluding carboxylic acids is 2. The van der Waals surface area contributed by atoms with Crippen molar-refractivity contribution in [2.45, 2.75) is 6.92 Å². The van der Waals surface area contributed by atoms with E-state index < -0.39 is 5.97 Å². The molecule has 0 aliphatic carbocycles. The lowest BCUT2D eigenvalue weighted by atomic mass is 10.2. The van der Waals surface area contributed by atoms with Gasteiger partial charge in [0.05, 0.1) is 17.9 Å². The highest BCUT2D eigenvalue weighted by atomic mass is 79.9. The molecule has 0 aliphatic rings. The van der Waals surface area contributed by atoms with Gasteiger partial charge in [-0.05, 0) is 53.2 Å². The van der Waals surface area contributed by atoms with Crippen LogP contribution in [0.1, 0.15) is 27.6 Å². The van der Waals surface area contributed by atoms with Gasteiger partial charge in [-0.3, -0.25) is 9.78 Å². The van der Waals surface area contributed by atoms with Crippen molar-refractivity contribution in [1.29, 1.82) is 0 Å². The summed E-state index contributed by atoms with van der Waals surface area (Å²) in [5.41, 5.74) is 1.50. The van der Waals surface area contributed by atoms with E-state index in [-0.39, 0.29) is 5.91 Å². The fraction of sp³-hybridized carbons (Fsp3) is 0.133. The average molecular weight is 349 g/mol. The molecular weight excluding hydrogens is 336 g/mol. The molecule has 21 heavy (non-hydrogen) atoms. The number of benzene rings is 1. The lowest BCUT2D eigenvalue weighted by Gasteiger charge is -2.09. The van der Waals surface area contributed by atoms with Crippen LogP contribution in [0.15, 0.2) is 47.2 Å². The molecule has 0 spiro atoms. The molecule has 0 saturated heterocycles. The maximum atomic E-state index is 12.0. The van der Waals surface area contributed by atoms with Crippen LogP contribution in [0, 0.1) is 0 Å². The van der Waals surface area contributed by atoms with E-state index >= 15 is 0 Å². The van der Waals surface area contributed by atoms with E-state index in [2.05, 4.69) is 26.2 Å². The molecule has 1 aromatic heterocycles. The number of aromatic nitrogens is 1. The number of hydrogen-bond acceptors (Lipinski definition) is 4. The Hall–Kier alpha value is -2.21. The molecule has 0 aliphatic heterocycles. The van der Waals surface area contributed by atoms with Gasteiger partial charge in [0.25, 0.3) is 5.91 Å². The monoisotopic (exact) mass is 348 g/mol. The maximum absolute atomic E-state index is 12.0. The summed E-state index contributed by atoms with van der Waals surface area (Å²) < 4.78 is 5.53. The lowest BCUT2D eigenvalue weighted by molar-refractivity contribution is 0.0526. The van der Waals surface area contributed by atoms with Crippen LogP contribution in [0.25, 0.3) is 0 Å². The van der Waals surface area contributed by atoms with Gasteiger partial charge in [-0.25, -0.2) is 4.79 Å². The van der Waals surface area contributed by atoms with Crippen LogP contribution in [0.5, 0.6) is 0 Å². The summed E-state index contributed by atoms with van der Waals surface area (Å²) in [4.78, 5) is 27.5. The van der Waals surface area contributed by atoms with Crippen molar-refractivity contribution >= 4 is 33.5 Å². The molecule has 0 saturated carbocycles. The first kappa shape index (κ1) is 15.2. The second-order valence-electron chi connectivity index (χ2n) is 4.11. The van der Waals surface area contributed by atoms with Gasteiger partial charge in [0, 0.05) is 22.4 Å². The summed E-state index contributed by atoms with van der Waals surface area (Å²) in [6, 6.07) is 8.10. The van der Waals surface area contributed by atoms with Crippen molar-refractivity contribution in [1.82, 2.24) is 4.98 Å². The number of nitrogens with zero attached hydrogens (tertiary/aromatic N) is 1. The van der Waals surface area contributed by atoms with Crippen molar-refractivity contribution in [2.24, 2.45) is 0 Å². The molecule has 108 valence electrons. The summed E-state index contributed by atoms with van der Waals surface area (Å²) in [6.07, 6.45) is 3.10. The van der Waals surface area contributed by atoms with Crippen LogP contribution < -0.4 is 5.32 Å². The first-order chi connectivity index (χ1) is 10.1. The van der Waals surface area contributed by atoms with Gasteiger partial charge in [-0.15, -0.1) is 0 Å². The Morgan fingerprint density at radius 3 is 2.52 bits per heavy atom. The van der Waals surface area contributed by atoms with Gasteiger partial charge < -0.3 is 10.1 Å². The number of ether oxygens (including phenoxy) is 1. The summed E-state index contributed by atoms with van der Waals surface area (Å²) in [5.74, 6) is -0.646. The Morgan fingerprint density at radius 1 is 1.19 bits per heavy atom. The Balaban J connectivity index is 2.15. The molecular formula is C15H13BrN2O3. The second-order valence-corrected chi connectivity index (χ2v) is 4.96. The summed E-state index contributed by atoms with van der Waals surface area (Å²) in [7, 11) is 0. The third-order valence-electron chi connectivity index (χ3n) is 2.67. The van der Waals surface area contributed by atoms with Crippen LogP contribution >= 0.6 is 15.9 Å². The Morgan fingerprint density at radius 2 is 1.90 bits per heavy atom. The molecule has 0 bridgehead atoms. The highest BCUT2D eigenvalue weighted by Crippen LogP contribution is 2.24. The van der Waals surface area contributed by atoms with E-state index in [0.717, 1.165) is 0 Å². The molecule has 5 nitrogen and oxygen atoms in total. The minimum atomic E-state index is -0.398. The van der Waals surface area contributed by atoms with E-state index in [1.165, 1.54) is 0 Å². The van der Waals surface area contributed by atoms with Crippen LogP contribution in [-0.2, 0) is 4.74 Å². The number of rotatable bonds is 4. The summed E-state index contributed by atoms with van der Waals surface area (Å²) in [5, 5.41) is 2.76. The van der Waals surface area contributed by atoms with Crippen molar-refractivity contribution in [3.8, 4) is 0 Å². The molecule has 1 amide bonds. The normalized spacial score (nSPS) is 10.0. The van der Waals surface area contributed by atoms with Gasteiger partial charge in [0.2, 0.25) is 0 Å². The van der Waals surface area contributed by atoms with E-state index in [4.69, 9.17) is 4.74 Å². The zero-order valence-corrected chi connectivity index (χ0v) is 12.9. The van der Waals surface area contributed by atoms with Crippen molar-refractivity contribution < 1.29 is 14.3 Å². The highest BCUT2D eigenvalue weighted by molar-refractivity contribution is 9.10. The van der Waals surface area contributed by atoms with E-state index in [1.54, 1.807) is 49.6 Å². The van der Waals surface area contributed by atoms with Gasteiger partial charge in [-0.1, -0.05) is 0 Å². The predicted octanol–water partition coefficient (Wildman–Crippen LogP) is 3.27. The molecule has 6 heteroatoms. The Bertz CT molecular complexity index is 659. The molecule has 2 rings (SSSR count). The maximum Gasteiger partial charge on any atom is 0.338 e. The van der Waals surface area contributed by atoms with Gasteiger partial charge >= 0.3 is 5.97 Å². The number of anilines is 1. The van der Waals surface area contributed by atoms with Crippen molar-refractivity contribution in [3.63, 3.8) is 0 Å². The van der Waals surface area contributed by atoms with Gasteiger partial charge in [0.1, 0.15) is 0 Å². The Labute approximate surface area is 130 Å². The molecule has 0 radical (unpaired) electrons. The number of hydrogen-bond donors (Lipinski definition) is 1. The first-order valence-electron chi connectivity index (χ1n) is 6.30. The zero-order valence-electron chi connectivity index (χ0n) is 11.3. The third kappa shape index (κ3) is 3.88. The van der Waals surface area contributed by atoms with Gasteiger partial charge in [0.15, 0.2) is 0 Å². The quantitative estimate of drug-likeness (QED) is 0.861. The van der Waals surface area contributed by atoms with Gasteiger partial charge in [-0.2, -0.15) is 0 Å². The van der Waals surface area contributed by atoms with E-state index in [0.29, 0.717) is 27.9 Å². The first-order valence-corrected chi connectivity index (χ1v) is 7.09. The zero-order chi connectivity index (χ0) is 15.2. The fourth-order valence-corrected chi connectivity index (χ4v) is 2.13. The number of halogens is 1. The molecule has 0 atom stereocenters. The molecule has 1 aromatic carbocycles. The van der Waals surface area contributed by atoms with Crippen LogP contribution in [0.3, 0.4) is 0 Å². The molecule has 0 fully saturated rings. The fourth-order valence-electron chi connectivity index (χ4n) is 1.66. The average Bonchev–Trinajstić information content (AvgIpc) is 2.50. The van der Waals surface area contributed by atoms with E-state index in [9.17, 15) is 9.59 Å². The topological polar surface area (TPSA) is 68.3 Å². The second kappa shape index (κ2) is 6.99. The van der Waals surface area contributed by atoms with Crippen LogP contribution in [-0.4, -0.2) is 23.5 Å². The number of esters is 1. The standard InChI is InChI=1S/C15H13BrN2O3/c1-2-21-15(20)11-3-4-13(12(16)9-11)18-14(19)10-5-7-17-8-6-10/h3-9H,2H2,1H3,(H,18,19). The Kier molecular flexibility index (Phi) is 5.05. The van der Waals surface area contributed by atoms with Crippen LogP contribution in [0.4, 0.5) is 5.69 Å². The number of carbonyl (C=O) groups is 2. The lowest BCUT2D eigenvalue weighted by Crippen LogP contribution is -2.12. The smallest absolute Gasteiger partial charge is 0.338 e. The minimum Gasteiger partial charge on any atom is -0.462 e. The molecule has 2 aromatic rings. The highest BCUT2D eigenvalue weighted by Gasteiger charge is 2.11. The number of pyridine rings is 1. The molecule has 1 N–H and O–H groups in total. The van der Waals surface area contributed by atoms with Crippen molar-refractivity contribution in [2.75, 3.05) is 11.9 Å². The number of amides is 1. The predicted molar refractivity (Wildman–Crippen MR) is 82.3 cm³/mol. The summed E-state index contributed by atoms with van der Waals surface area (Å²) in [6.45, 7) is 2.06. The molecule has 0 unspecified atom stereocenters. The van der Waals surface area contributed by atoms with Crippen LogP contribution in [0.2, 0.25) is 0 Å². The largest absolute Gasteiger partial charge is 0.462 e. The molecule has 1 heterocycles. The minimum absolute atomic E-state index is 0.248. The summed E-state index contributed by atoms with van der Waals surface area (Å²) >= 11 is 3.33. The third-order valence-corrected chi connectivity index (χ3v) is 3.33. The van der Waals surface area contributed by atoms with Crippen molar-refractivity contribution in [3.05, 3.63) is 58.3 Å². The number of nitrogens with one attached hydrogen (secondary N) is 1. The SMILES string of the molecule is CCOC(=O)c1ccc(NC(=O)c2ccncc2)c(Br)c1. The van der Waals surface area contributed by atoms with E-state index in [1.807, 2.05) is 0 Å².